The molecule has 0 unspecified atom stereocenters. The van der Waals surface area contributed by atoms with Crippen molar-refractivity contribution < 1.29 is 9.59 Å². The lowest BCUT2D eigenvalue weighted by atomic mass is 9.83. The minimum atomic E-state index is -0.0686. The Morgan fingerprint density at radius 1 is 0.471 bits per heavy atom. The van der Waals surface area contributed by atoms with E-state index >= 15 is 0 Å². The second kappa shape index (κ2) is 8.47. The van der Waals surface area contributed by atoms with Gasteiger partial charge in [0.15, 0.2) is 11.6 Å². The molecular formula is C30H16N2O2. The molecule has 0 atom stereocenters. The fourth-order valence-corrected chi connectivity index (χ4v) is 4.28. The van der Waals surface area contributed by atoms with E-state index < -0.39 is 0 Å². The highest BCUT2D eigenvalue weighted by Crippen LogP contribution is 2.30. The highest BCUT2D eigenvalue weighted by molar-refractivity contribution is 6.29. The van der Waals surface area contributed by atoms with Gasteiger partial charge in [-0.25, -0.2) is 0 Å². The highest BCUT2D eigenvalue weighted by Gasteiger charge is 2.29. The zero-order valence-electron chi connectivity index (χ0n) is 17.9. The zero-order chi connectivity index (χ0) is 23.7. The Labute approximate surface area is 195 Å². The molecule has 0 heterocycles. The molecule has 5 aromatic carbocycles. The minimum absolute atomic E-state index is 0.0686. The van der Waals surface area contributed by atoms with Crippen LogP contribution in [0.4, 0.5) is 0 Å². The number of nitriles is 2. The Kier molecular flexibility index (Phi) is 5.18. The second-order valence-electron chi connectivity index (χ2n) is 7.88. The molecule has 4 heteroatoms. The van der Waals surface area contributed by atoms with Gasteiger partial charge in [-0.15, -0.1) is 0 Å². The monoisotopic (exact) mass is 436 g/mol. The predicted octanol–water partition coefficient (Wildman–Crippen LogP) is 6.20. The molecule has 0 spiro atoms. The SMILES string of the molecule is N#Cc1ccc(C#N)c2ccccc12.O=C1c2ccccc2C(=O)c2cc3ccccc3cc21. The first-order valence-electron chi connectivity index (χ1n) is 10.7. The van der Waals surface area contributed by atoms with Crippen molar-refractivity contribution in [3.63, 3.8) is 0 Å². The van der Waals surface area contributed by atoms with Gasteiger partial charge in [-0.3, -0.25) is 9.59 Å². The summed E-state index contributed by atoms with van der Waals surface area (Å²) in [5, 5.41) is 21.4. The zero-order valence-corrected chi connectivity index (χ0v) is 17.9. The molecule has 158 valence electrons. The van der Waals surface area contributed by atoms with Crippen LogP contribution in [0.1, 0.15) is 43.0 Å². The molecule has 0 aliphatic heterocycles. The van der Waals surface area contributed by atoms with Crippen molar-refractivity contribution in [3.8, 4) is 12.1 Å². The summed E-state index contributed by atoms with van der Waals surface area (Å²) in [5.74, 6) is -0.137. The molecule has 0 amide bonds. The molecule has 0 aromatic heterocycles. The second-order valence-corrected chi connectivity index (χ2v) is 7.88. The van der Waals surface area contributed by atoms with Crippen molar-refractivity contribution in [2.75, 3.05) is 0 Å². The van der Waals surface area contributed by atoms with E-state index in [0.29, 0.717) is 33.4 Å². The van der Waals surface area contributed by atoms with Gasteiger partial charge in [-0.05, 0) is 35.0 Å². The van der Waals surface area contributed by atoms with Crippen LogP contribution in [-0.4, -0.2) is 11.6 Å². The normalized spacial score (nSPS) is 11.6. The Balaban J connectivity index is 0.000000152. The van der Waals surface area contributed by atoms with E-state index in [2.05, 4.69) is 12.1 Å². The quantitative estimate of drug-likeness (QED) is 0.284. The summed E-state index contributed by atoms with van der Waals surface area (Å²) in [6.07, 6.45) is 0. The summed E-state index contributed by atoms with van der Waals surface area (Å²) < 4.78 is 0. The third-order valence-electron chi connectivity index (χ3n) is 5.96. The van der Waals surface area contributed by atoms with Gasteiger partial charge in [0.05, 0.1) is 23.3 Å². The van der Waals surface area contributed by atoms with E-state index in [1.807, 2.05) is 60.7 Å². The van der Waals surface area contributed by atoms with Crippen molar-refractivity contribution in [1.29, 1.82) is 10.5 Å². The van der Waals surface area contributed by atoms with E-state index in [0.717, 1.165) is 21.5 Å². The lowest BCUT2D eigenvalue weighted by Gasteiger charge is -2.17. The number of fused-ring (bicyclic) bond motifs is 4. The molecule has 0 fully saturated rings. The van der Waals surface area contributed by atoms with Gasteiger partial charge in [-0.1, -0.05) is 72.8 Å². The largest absolute Gasteiger partial charge is 0.289 e. The van der Waals surface area contributed by atoms with E-state index in [1.54, 1.807) is 36.4 Å². The van der Waals surface area contributed by atoms with Crippen LogP contribution in [0.3, 0.4) is 0 Å². The van der Waals surface area contributed by atoms with E-state index in [4.69, 9.17) is 10.5 Å². The summed E-state index contributed by atoms with van der Waals surface area (Å²) in [6, 6.07) is 33.4. The molecule has 0 N–H and O–H groups in total. The Morgan fingerprint density at radius 3 is 1.26 bits per heavy atom. The van der Waals surface area contributed by atoms with Gasteiger partial charge in [0.2, 0.25) is 0 Å². The maximum Gasteiger partial charge on any atom is 0.194 e. The number of rotatable bonds is 0. The molecule has 1 aliphatic carbocycles. The number of carbonyl (C=O) groups is 2. The van der Waals surface area contributed by atoms with Crippen LogP contribution in [0.2, 0.25) is 0 Å². The van der Waals surface area contributed by atoms with Crippen molar-refractivity contribution >= 4 is 33.1 Å². The smallest absolute Gasteiger partial charge is 0.194 e. The van der Waals surface area contributed by atoms with Crippen LogP contribution in [0, 0.1) is 22.7 Å². The first-order chi connectivity index (χ1) is 16.6. The predicted molar refractivity (Wildman–Crippen MR) is 131 cm³/mol. The number of ketones is 2. The molecule has 1 aliphatic rings. The Hall–Kier alpha value is -5.06. The molecule has 5 aromatic rings. The number of benzene rings is 5. The van der Waals surface area contributed by atoms with Gasteiger partial charge in [0.1, 0.15) is 0 Å². The average molecular weight is 436 g/mol. The first-order valence-corrected chi connectivity index (χ1v) is 10.7. The van der Waals surface area contributed by atoms with Crippen LogP contribution in [-0.2, 0) is 0 Å². The van der Waals surface area contributed by atoms with Gasteiger partial charge in [0, 0.05) is 33.0 Å². The first kappa shape index (κ1) is 20.8. The average Bonchev–Trinajstić information content (AvgIpc) is 2.90. The molecule has 4 nitrogen and oxygen atoms in total. The van der Waals surface area contributed by atoms with E-state index in [-0.39, 0.29) is 11.6 Å². The molecule has 34 heavy (non-hydrogen) atoms. The van der Waals surface area contributed by atoms with Crippen molar-refractivity contribution in [1.82, 2.24) is 0 Å². The lowest BCUT2D eigenvalue weighted by molar-refractivity contribution is 0.0979. The Morgan fingerprint density at radius 2 is 0.853 bits per heavy atom. The van der Waals surface area contributed by atoms with Crippen LogP contribution < -0.4 is 0 Å². The number of hydrogen-bond acceptors (Lipinski definition) is 4. The molecular weight excluding hydrogens is 420 g/mol. The van der Waals surface area contributed by atoms with Crippen LogP contribution >= 0.6 is 0 Å². The maximum atomic E-state index is 12.5. The van der Waals surface area contributed by atoms with Crippen molar-refractivity contribution in [3.05, 3.63) is 130 Å². The van der Waals surface area contributed by atoms with Crippen LogP contribution in [0.25, 0.3) is 21.5 Å². The standard InChI is InChI=1S/C18H10O2.C12H6N2/c19-17-13-7-3-4-8-14(13)18(20)16-10-12-6-2-1-5-11(12)9-15(16)17;13-7-9-5-6-10(8-14)12-4-2-1-3-11(9)12/h1-10H;1-6H. The van der Waals surface area contributed by atoms with Gasteiger partial charge in [0.25, 0.3) is 0 Å². The lowest BCUT2D eigenvalue weighted by Crippen LogP contribution is -2.20. The van der Waals surface area contributed by atoms with Crippen LogP contribution in [0.5, 0.6) is 0 Å². The number of nitrogens with zero attached hydrogens (tertiary/aromatic N) is 2. The number of hydrogen-bond donors (Lipinski definition) is 0. The Bertz CT molecular complexity index is 1590. The van der Waals surface area contributed by atoms with Crippen LogP contribution in [0.15, 0.2) is 97.1 Å². The highest BCUT2D eigenvalue weighted by atomic mass is 16.1. The third-order valence-corrected chi connectivity index (χ3v) is 5.96. The molecule has 0 radical (unpaired) electrons. The number of carbonyl (C=O) groups excluding carboxylic acids is 2. The summed E-state index contributed by atoms with van der Waals surface area (Å²) in [5.41, 5.74) is 3.24. The summed E-state index contributed by atoms with van der Waals surface area (Å²) in [6.45, 7) is 0. The summed E-state index contributed by atoms with van der Waals surface area (Å²) in [7, 11) is 0. The summed E-state index contributed by atoms with van der Waals surface area (Å²) in [4.78, 5) is 25.1. The third kappa shape index (κ3) is 3.41. The summed E-state index contributed by atoms with van der Waals surface area (Å²) >= 11 is 0. The van der Waals surface area contributed by atoms with Gasteiger partial charge >= 0.3 is 0 Å². The van der Waals surface area contributed by atoms with E-state index in [9.17, 15) is 9.59 Å². The van der Waals surface area contributed by atoms with E-state index in [1.165, 1.54) is 0 Å². The molecule has 6 rings (SSSR count). The molecule has 0 bridgehead atoms. The molecule has 0 saturated heterocycles. The van der Waals surface area contributed by atoms with Crippen molar-refractivity contribution in [2.24, 2.45) is 0 Å². The fraction of sp³-hybridized carbons (Fsp3) is 0. The van der Waals surface area contributed by atoms with Gasteiger partial charge < -0.3 is 0 Å². The van der Waals surface area contributed by atoms with Gasteiger partial charge in [-0.2, -0.15) is 10.5 Å². The van der Waals surface area contributed by atoms with Crippen molar-refractivity contribution in [2.45, 2.75) is 0 Å². The molecule has 0 saturated carbocycles. The maximum absolute atomic E-state index is 12.5. The fourth-order valence-electron chi connectivity index (χ4n) is 4.28. The minimum Gasteiger partial charge on any atom is -0.289 e. The topological polar surface area (TPSA) is 81.7 Å².